The Morgan fingerprint density at radius 3 is 2.72 bits per heavy atom. The van der Waals surface area contributed by atoms with Gasteiger partial charge in [-0.2, -0.15) is 0 Å². The highest BCUT2D eigenvalue weighted by atomic mass is 32.1. The summed E-state index contributed by atoms with van der Waals surface area (Å²) in [5.41, 5.74) is 1.64. The van der Waals surface area contributed by atoms with E-state index >= 15 is 0 Å². The van der Waals surface area contributed by atoms with Crippen molar-refractivity contribution in [1.82, 2.24) is 4.98 Å². The molecule has 0 spiro atoms. The van der Waals surface area contributed by atoms with Crippen molar-refractivity contribution in [2.45, 2.75) is 0 Å². The predicted octanol–water partition coefficient (Wildman–Crippen LogP) is 1.80. The molecule has 0 fully saturated rings. The third-order valence-electron chi connectivity index (χ3n) is 2.15. The molecule has 0 aliphatic rings. The second-order valence-electron chi connectivity index (χ2n) is 3.36. The molecule has 6 nitrogen and oxygen atoms in total. The molecule has 7 heteroatoms. The van der Waals surface area contributed by atoms with Crippen molar-refractivity contribution in [2.75, 3.05) is 5.32 Å². The minimum atomic E-state index is -1.24. The van der Waals surface area contributed by atoms with Crippen molar-refractivity contribution in [3.63, 3.8) is 0 Å². The third-order valence-corrected chi connectivity index (χ3v) is 2.73. The number of aromatic hydroxyl groups is 1. The monoisotopic (exact) mass is 264 g/mol. The molecule has 0 unspecified atom stereocenters. The van der Waals surface area contributed by atoms with Crippen molar-refractivity contribution >= 4 is 28.9 Å². The molecule has 1 heterocycles. The first-order valence-electron chi connectivity index (χ1n) is 4.84. The lowest BCUT2D eigenvalue weighted by molar-refractivity contribution is 0.0697. The number of phenols is 1. The van der Waals surface area contributed by atoms with Crippen molar-refractivity contribution in [3.8, 4) is 5.75 Å². The number of carbonyl (C=O) groups is 2. The zero-order valence-electron chi connectivity index (χ0n) is 8.95. The van der Waals surface area contributed by atoms with E-state index in [-0.39, 0.29) is 22.7 Å². The fourth-order valence-corrected chi connectivity index (χ4v) is 1.86. The molecule has 0 radical (unpaired) electrons. The van der Waals surface area contributed by atoms with Crippen molar-refractivity contribution in [3.05, 3.63) is 40.3 Å². The molecule has 0 bridgehead atoms. The standard InChI is InChI=1S/C11H8N2O4S/c14-6-1-2-8(7(3-6)11(16)17)13-10(15)9-4-18-5-12-9/h1-5,14H,(H,13,15)(H,16,17). The number of benzene rings is 1. The quantitative estimate of drug-likeness (QED) is 0.734. The fraction of sp³-hybridized carbons (Fsp3) is 0. The topological polar surface area (TPSA) is 99.5 Å². The normalized spacial score (nSPS) is 10.0. The molecule has 3 N–H and O–H groups in total. The Hall–Kier alpha value is -2.41. The van der Waals surface area contributed by atoms with Crippen LogP contribution in [0, 0.1) is 0 Å². The molecule has 0 aliphatic heterocycles. The van der Waals surface area contributed by atoms with E-state index in [1.165, 1.54) is 29.0 Å². The first-order chi connectivity index (χ1) is 8.58. The predicted molar refractivity (Wildman–Crippen MR) is 65.1 cm³/mol. The molecule has 92 valence electrons. The summed E-state index contributed by atoms with van der Waals surface area (Å²) in [4.78, 5) is 26.5. The van der Waals surface area contributed by atoms with E-state index in [1.54, 1.807) is 5.38 Å². The highest BCUT2D eigenvalue weighted by Gasteiger charge is 2.15. The van der Waals surface area contributed by atoms with Gasteiger partial charge in [0, 0.05) is 5.38 Å². The number of anilines is 1. The van der Waals surface area contributed by atoms with Crippen LogP contribution in [0.15, 0.2) is 29.1 Å². The number of thiazole rings is 1. The van der Waals surface area contributed by atoms with Gasteiger partial charge >= 0.3 is 5.97 Å². The smallest absolute Gasteiger partial charge is 0.337 e. The molecule has 0 atom stereocenters. The van der Waals surface area contributed by atoms with Crippen molar-refractivity contribution in [1.29, 1.82) is 0 Å². The number of phenolic OH excluding ortho intramolecular Hbond substituents is 1. The number of hydrogen-bond acceptors (Lipinski definition) is 5. The van der Waals surface area contributed by atoms with Gasteiger partial charge in [-0.25, -0.2) is 9.78 Å². The van der Waals surface area contributed by atoms with Gasteiger partial charge < -0.3 is 15.5 Å². The summed E-state index contributed by atoms with van der Waals surface area (Å²) in [6.45, 7) is 0. The highest BCUT2D eigenvalue weighted by Crippen LogP contribution is 2.21. The first-order valence-corrected chi connectivity index (χ1v) is 5.78. The maximum Gasteiger partial charge on any atom is 0.337 e. The van der Waals surface area contributed by atoms with E-state index in [1.807, 2.05) is 0 Å². The van der Waals surface area contributed by atoms with E-state index in [4.69, 9.17) is 5.11 Å². The summed E-state index contributed by atoms with van der Waals surface area (Å²) in [5.74, 6) is -1.91. The number of amides is 1. The highest BCUT2D eigenvalue weighted by molar-refractivity contribution is 7.07. The molecule has 1 aromatic heterocycles. The van der Waals surface area contributed by atoms with Crippen LogP contribution in [0.1, 0.15) is 20.8 Å². The maximum atomic E-state index is 11.7. The summed E-state index contributed by atoms with van der Waals surface area (Å²) in [6, 6.07) is 3.69. The second-order valence-corrected chi connectivity index (χ2v) is 4.08. The Balaban J connectivity index is 2.29. The molecule has 1 amide bonds. The van der Waals surface area contributed by atoms with Gasteiger partial charge in [-0.15, -0.1) is 11.3 Å². The molecular weight excluding hydrogens is 256 g/mol. The van der Waals surface area contributed by atoms with Gasteiger partial charge in [0.15, 0.2) is 0 Å². The largest absolute Gasteiger partial charge is 0.508 e. The van der Waals surface area contributed by atoms with Gasteiger partial charge in [0.05, 0.1) is 16.8 Å². The average Bonchev–Trinajstić information content (AvgIpc) is 2.84. The molecular formula is C11H8N2O4S. The van der Waals surface area contributed by atoms with Crippen LogP contribution >= 0.6 is 11.3 Å². The Kier molecular flexibility index (Phi) is 3.24. The molecule has 0 aliphatic carbocycles. The van der Waals surface area contributed by atoms with Crippen LogP contribution in [0.25, 0.3) is 0 Å². The summed E-state index contributed by atoms with van der Waals surface area (Å²) in [6.07, 6.45) is 0. The van der Waals surface area contributed by atoms with Crippen LogP contribution in [0.2, 0.25) is 0 Å². The molecule has 0 saturated heterocycles. The van der Waals surface area contributed by atoms with Gasteiger partial charge in [0.1, 0.15) is 11.4 Å². The summed E-state index contributed by atoms with van der Waals surface area (Å²) in [5, 5.41) is 22.2. The zero-order chi connectivity index (χ0) is 13.1. The minimum absolute atomic E-state index is 0.110. The lowest BCUT2D eigenvalue weighted by atomic mass is 10.1. The van der Waals surface area contributed by atoms with E-state index < -0.39 is 11.9 Å². The van der Waals surface area contributed by atoms with Crippen LogP contribution in [-0.4, -0.2) is 27.1 Å². The first kappa shape index (κ1) is 12.1. The Morgan fingerprint density at radius 1 is 1.33 bits per heavy atom. The van der Waals surface area contributed by atoms with E-state index in [0.29, 0.717) is 0 Å². The van der Waals surface area contributed by atoms with Crippen molar-refractivity contribution < 1.29 is 19.8 Å². The number of hydrogen-bond donors (Lipinski definition) is 3. The van der Waals surface area contributed by atoms with Gasteiger partial charge in [0.2, 0.25) is 0 Å². The number of nitrogens with one attached hydrogen (secondary N) is 1. The average molecular weight is 264 g/mol. The van der Waals surface area contributed by atoms with Gasteiger partial charge in [-0.05, 0) is 18.2 Å². The second kappa shape index (κ2) is 4.84. The number of carboxylic acids is 1. The molecule has 1 aromatic carbocycles. The van der Waals surface area contributed by atoms with Crippen LogP contribution in [-0.2, 0) is 0 Å². The number of rotatable bonds is 3. The molecule has 18 heavy (non-hydrogen) atoms. The van der Waals surface area contributed by atoms with E-state index in [9.17, 15) is 14.7 Å². The van der Waals surface area contributed by atoms with Gasteiger partial charge in [-0.3, -0.25) is 4.79 Å². The summed E-state index contributed by atoms with van der Waals surface area (Å²) >= 11 is 1.26. The van der Waals surface area contributed by atoms with Crippen molar-refractivity contribution in [2.24, 2.45) is 0 Å². The van der Waals surface area contributed by atoms with Crippen LogP contribution in [0.4, 0.5) is 5.69 Å². The van der Waals surface area contributed by atoms with Gasteiger partial charge in [0.25, 0.3) is 5.91 Å². The lowest BCUT2D eigenvalue weighted by Gasteiger charge is -2.07. The maximum absolute atomic E-state index is 11.7. The summed E-state index contributed by atoms with van der Waals surface area (Å²) < 4.78 is 0. The Labute approximate surface area is 106 Å². The van der Waals surface area contributed by atoms with Crippen LogP contribution in [0.5, 0.6) is 5.75 Å². The minimum Gasteiger partial charge on any atom is -0.508 e. The van der Waals surface area contributed by atoms with Crippen LogP contribution < -0.4 is 5.32 Å². The number of nitrogens with zero attached hydrogens (tertiary/aromatic N) is 1. The number of aromatic carboxylic acids is 1. The fourth-order valence-electron chi connectivity index (χ4n) is 1.33. The molecule has 0 saturated carbocycles. The molecule has 2 aromatic rings. The number of carboxylic acid groups (broad SMARTS) is 1. The molecule has 2 rings (SSSR count). The SMILES string of the molecule is O=C(Nc1ccc(O)cc1C(=O)O)c1cscn1. The Morgan fingerprint density at radius 2 is 2.11 bits per heavy atom. The lowest BCUT2D eigenvalue weighted by Crippen LogP contribution is -2.15. The van der Waals surface area contributed by atoms with Gasteiger partial charge in [-0.1, -0.05) is 0 Å². The zero-order valence-corrected chi connectivity index (χ0v) is 9.77. The van der Waals surface area contributed by atoms with E-state index in [0.717, 1.165) is 6.07 Å². The summed E-state index contributed by atoms with van der Waals surface area (Å²) in [7, 11) is 0. The third kappa shape index (κ3) is 2.46. The Bertz CT molecular complexity index is 595. The number of aromatic nitrogens is 1. The van der Waals surface area contributed by atoms with E-state index in [2.05, 4.69) is 10.3 Å². The number of carbonyl (C=O) groups excluding carboxylic acids is 1. The van der Waals surface area contributed by atoms with Crippen LogP contribution in [0.3, 0.4) is 0 Å².